The summed E-state index contributed by atoms with van der Waals surface area (Å²) in [4.78, 5) is 14.2. The number of urea groups is 1. The van der Waals surface area contributed by atoms with E-state index in [1.54, 1.807) is 11.9 Å². The van der Waals surface area contributed by atoms with Gasteiger partial charge in [0.1, 0.15) is 0 Å². The summed E-state index contributed by atoms with van der Waals surface area (Å²) >= 11 is 0. The molecule has 5 nitrogen and oxygen atoms in total. The van der Waals surface area contributed by atoms with Gasteiger partial charge >= 0.3 is 6.03 Å². The van der Waals surface area contributed by atoms with Gasteiger partial charge in [0.05, 0.1) is 13.2 Å². The molecule has 1 fully saturated rings. The average molecular weight is 320 g/mol. The van der Waals surface area contributed by atoms with Gasteiger partial charge in [-0.05, 0) is 23.5 Å². The van der Waals surface area contributed by atoms with E-state index in [-0.39, 0.29) is 12.3 Å². The van der Waals surface area contributed by atoms with Crippen molar-refractivity contribution in [2.45, 2.75) is 45.8 Å². The maximum Gasteiger partial charge on any atom is 0.321 e. The predicted octanol–water partition coefficient (Wildman–Crippen LogP) is 3.60. The third kappa shape index (κ3) is 4.69. The van der Waals surface area contributed by atoms with Gasteiger partial charge in [0.15, 0.2) is 6.29 Å². The van der Waals surface area contributed by atoms with Gasteiger partial charge in [-0.25, -0.2) is 4.79 Å². The quantitative estimate of drug-likeness (QED) is 0.871. The minimum Gasteiger partial charge on any atom is -0.350 e. The molecule has 0 aliphatic carbocycles. The van der Waals surface area contributed by atoms with Crippen LogP contribution in [0.4, 0.5) is 10.5 Å². The second-order valence-electron chi connectivity index (χ2n) is 6.20. The number of carbonyl (C=O) groups excluding carboxylic acids is 1. The largest absolute Gasteiger partial charge is 0.350 e. The number of ether oxygens (including phenoxy) is 2. The maximum atomic E-state index is 12.5. The first-order valence-electron chi connectivity index (χ1n) is 8.40. The van der Waals surface area contributed by atoms with Crippen LogP contribution < -0.4 is 5.32 Å². The Morgan fingerprint density at radius 2 is 2.04 bits per heavy atom. The molecule has 1 saturated heterocycles. The van der Waals surface area contributed by atoms with Crippen LogP contribution in [0.15, 0.2) is 18.2 Å². The van der Waals surface area contributed by atoms with Crippen LogP contribution in [0.3, 0.4) is 0 Å². The molecule has 1 heterocycles. The van der Waals surface area contributed by atoms with Gasteiger partial charge in [0, 0.05) is 25.7 Å². The van der Waals surface area contributed by atoms with E-state index < -0.39 is 0 Å². The Balaban J connectivity index is 2.00. The Labute approximate surface area is 139 Å². The third-order valence-electron chi connectivity index (χ3n) is 4.16. The van der Waals surface area contributed by atoms with Crippen LogP contribution in [0.2, 0.25) is 0 Å². The van der Waals surface area contributed by atoms with E-state index in [4.69, 9.17) is 9.47 Å². The SMILES string of the molecule is CCc1cccc(C(C)C)c1NC(=O)N(C)CCC1OCCO1. The van der Waals surface area contributed by atoms with Crippen molar-refractivity contribution in [1.82, 2.24) is 4.90 Å². The lowest BCUT2D eigenvalue weighted by atomic mass is 9.96. The molecule has 2 amide bonds. The molecule has 0 bridgehead atoms. The number of benzene rings is 1. The number of nitrogens with one attached hydrogen (secondary N) is 1. The van der Waals surface area contributed by atoms with Gasteiger partial charge < -0.3 is 19.7 Å². The van der Waals surface area contributed by atoms with Crippen molar-refractivity contribution in [3.05, 3.63) is 29.3 Å². The Morgan fingerprint density at radius 3 is 2.65 bits per heavy atom. The summed E-state index contributed by atoms with van der Waals surface area (Å²) in [6.07, 6.45) is 1.40. The third-order valence-corrected chi connectivity index (χ3v) is 4.16. The molecule has 1 aliphatic rings. The monoisotopic (exact) mass is 320 g/mol. The van der Waals surface area contributed by atoms with E-state index in [0.717, 1.165) is 12.1 Å². The number of rotatable bonds is 6. The van der Waals surface area contributed by atoms with Crippen LogP contribution in [0.25, 0.3) is 0 Å². The molecule has 1 aliphatic heterocycles. The minimum absolute atomic E-state index is 0.0919. The molecular formula is C18H28N2O3. The summed E-state index contributed by atoms with van der Waals surface area (Å²) in [5, 5.41) is 3.09. The molecule has 0 saturated carbocycles. The molecule has 1 aromatic carbocycles. The Bertz CT molecular complexity index is 525. The summed E-state index contributed by atoms with van der Waals surface area (Å²) < 4.78 is 10.8. The van der Waals surface area contributed by atoms with Gasteiger partial charge in [0.2, 0.25) is 0 Å². The first kappa shape index (κ1) is 17.8. The van der Waals surface area contributed by atoms with Gasteiger partial charge in [-0.1, -0.05) is 39.0 Å². The molecule has 2 rings (SSSR count). The predicted molar refractivity (Wildman–Crippen MR) is 91.9 cm³/mol. The van der Waals surface area contributed by atoms with Crippen molar-refractivity contribution in [3.63, 3.8) is 0 Å². The number of aryl methyl sites for hydroxylation is 1. The van der Waals surface area contributed by atoms with Crippen LogP contribution in [-0.2, 0) is 15.9 Å². The summed E-state index contributed by atoms with van der Waals surface area (Å²) in [6, 6.07) is 6.12. The van der Waals surface area contributed by atoms with Crippen LogP contribution >= 0.6 is 0 Å². The lowest BCUT2D eigenvalue weighted by molar-refractivity contribution is -0.0488. The van der Waals surface area contributed by atoms with Gasteiger partial charge in [-0.2, -0.15) is 0 Å². The van der Waals surface area contributed by atoms with E-state index in [1.807, 2.05) is 0 Å². The number of para-hydroxylation sites is 1. The molecule has 23 heavy (non-hydrogen) atoms. The Kier molecular flexibility index (Phi) is 6.42. The van der Waals surface area contributed by atoms with Crippen molar-refractivity contribution >= 4 is 11.7 Å². The summed E-state index contributed by atoms with van der Waals surface area (Å²) in [6.45, 7) is 8.27. The van der Waals surface area contributed by atoms with Crippen molar-refractivity contribution in [3.8, 4) is 0 Å². The fourth-order valence-electron chi connectivity index (χ4n) is 2.73. The van der Waals surface area contributed by atoms with E-state index >= 15 is 0 Å². The van der Waals surface area contributed by atoms with E-state index in [9.17, 15) is 4.79 Å². The summed E-state index contributed by atoms with van der Waals surface area (Å²) in [5.74, 6) is 0.363. The Hall–Kier alpha value is -1.59. The van der Waals surface area contributed by atoms with E-state index in [0.29, 0.717) is 32.1 Å². The minimum atomic E-state index is -0.181. The first-order valence-corrected chi connectivity index (χ1v) is 8.40. The second-order valence-corrected chi connectivity index (χ2v) is 6.20. The zero-order valence-corrected chi connectivity index (χ0v) is 14.6. The summed E-state index contributed by atoms with van der Waals surface area (Å²) in [7, 11) is 1.80. The van der Waals surface area contributed by atoms with Crippen LogP contribution in [0, 0.1) is 0 Å². The fraction of sp³-hybridized carbons (Fsp3) is 0.611. The molecule has 0 radical (unpaired) electrons. The molecule has 1 aromatic rings. The van der Waals surface area contributed by atoms with E-state index in [2.05, 4.69) is 44.3 Å². The maximum absolute atomic E-state index is 12.5. The first-order chi connectivity index (χ1) is 11.0. The second kappa shape index (κ2) is 8.31. The Morgan fingerprint density at radius 1 is 1.35 bits per heavy atom. The number of amides is 2. The fourth-order valence-corrected chi connectivity index (χ4v) is 2.73. The highest BCUT2D eigenvalue weighted by atomic mass is 16.7. The number of nitrogens with zero attached hydrogens (tertiary/aromatic N) is 1. The summed E-state index contributed by atoms with van der Waals surface area (Å²) in [5.41, 5.74) is 3.30. The lowest BCUT2D eigenvalue weighted by Crippen LogP contribution is -2.34. The van der Waals surface area contributed by atoms with Crippen molar-refractivity contribution in [2.75, 3.05) is 32.1 Å². The molecule has 0 spiro atoms. The van der Waals surface area contributed by atoms with E-state index in [1.165, 1.54) is 11.1 Å². The molecular weight excluding hydrogens is 292 g/mol. The van der Waals surface area contributed by atoms with Gasteiger partial charge in [0.25, 0.3) is 0 Å². The molecule has 0 aromatic heterocycles. The molecule has 5 heteroatoms. The highest BCUT2D eigenvalue weighted by Crippen LogP contribution is 2.28. The van der Waals surface area contributed by atoms with Crippen LogP contribution in [0.5, 0.6) is 0 Å². The standard InChI is InChI=1S/C18H28N2O3/c1-5-14-7-6-8-15(13(2)3)17(14)19-18(21)20(4)10-9-16-22-11-12-23-16/h6-8,13,16H,5,9-12H2,1-4H3,(H,19,21). The van der Waals surface area contributed by atoms with Gasteiger partial charge in [-0.3, -0.25) is 0 Å². The van der Waals surface area contributed by atoms with Crippen LogP contribution in [-0.4, -0.2) is 44.0 Å². The van der Waals surface area contributed by atoms with Crippen molar-refractivity contribution < 1.29 is 14.3 Å². The highest BCUT2D eigenvalue weighted by Gasteiger charge is 2.19. The highest BCUT2D eigenvalue weighted by molar-refractivity contribution is 5.91. The number of anilines is 1. The normalized spacial score (nSPS) is 15.2. The number of hydrogen-bond donors (Lipinski definition) is 1. The van der Waals surface area contributed by atoms with Crippen LogP contribution in [0.1, 0.15) is 44.2 Å². The smallest absolute Gasteiger partial charge is 0.321 e. The average Bonchev–Trinajstić information content (AvgIpc) is 3.05. The zero-order chi connectivity index (χ0) is 16.8. The molecule has 1 N–H and O–H groups in total. The molecule has 128 valence electrons. The molecule has 0 atom stereocenters. The zero-order valence-electron chi connectivity index (χ0n) is 14.6. The van der Waals surface area contributed by atoms with Gasteiger partial charge in [-0.15, -0.1) is 0 Å². The van der Waals surface area contributed by atoms with Crippen molar-refractivity contribution in [1.29, 1.82) is 0 Å². The number of carbonyl (C=O) groups is 1. The van der Waals surface area contributed by atoms with Crippen molar-refractivity contribution in [2.24, 2.45) is 0 Å². The topological polar surface area (TPSA) is 50.8 Å². The number of hydrogen-bond acceptors (Lipinski definition) is 3. The molecule has 0 unspecified atom stereocenters. The lowest BCUT2D eigenvalue weighted by Gasteiger charge is -2.23.